The molecule has 1 aliphatic heterocycles. The smallest absolute Gasteiger partial charge is 0.326 e. The molecule has 11 heteroatoms. The van der Waals surface area contributed by atoms with Crippen molar-refractivity contribution >= 4 is 35.3 Å². The van der Waals surface area contributed by atoms with Crippen LogP contribution in [-0.4, -0.2) is 63.2 Å². The number of hydrogen-bond donors (Lipinski definition) is 3. The molecule has 2 unspecified atom stereocenters. The van der Waals surface area contributed by atoms with Gasteiger partial charge in [-0.15, -0.1) is 0 Å². The lowest BCUT2D eigenvalue weighted by Gasteiger charge is -2.31. The summed E-state index contributed by atoms with van der Waals surface area (Å²) in [5, 5.41) is 15.6. The molecule has 47 heavy (non-hydrogen) atoms. The van der Waals surface area contributed by atoms with Crippen LogP contribution in [0.2, 0.25) is 0 Å². The highest BCUT2D eigenvalue weighted by atomic mass is 16.4. The Kier molecular flexibility index (Phi) is 10.3. The zero-order chi connectivity index (χ0) is 33.6. The van der Waals surface area contributed by atoms with Crippen molar-refractivity contribution in [1.29, 1.82) is 0 Å². The van der Waals surface area contributed by atoms with E-state index in [1.807, 2.05) is 36.4 Å². The van der Waals surface area contributed by atoms with E-state index in [0.717, 1.165) is 24.0 Å². The second-order valence-corrected chi connectivity index (χ2v) is 12.5. The fourth-order valence-electron chi connectivity index (χ4n) is 6.88. The minimum Gasteiger partial charge on any atom is -0.480 e. The van der Waals surface area contributed by atoms with Crippen LogP contribution in [0.5, 0.6) is 0 Å². The molecule has 11 nitrogen and oxygen atoms in total. The molecule has 2 fully saturated rings. The SMILES string of the molecule is CC(=O)NCCC1(C(=O)N[C@@H](Cc2ccc(N3C(=O)C(Cc4cccnc4)N(C(C)=O)C3c3ccccc3)cc2)C(=O)O)CCCC1. The molecule has 0 spiro atoms. The fourth-order valence-corrected chi connectivity index (χ4v) is 6.88. The molecule has 2 aliphatic rings. The minimum absolute atomic E-state index is 0.0440. The van der Waals surface area contributed by atoms with Crippen LogP contribution < -0.4 is 15.5 Å². The summed E-state index contributed by atoms with van der Waals surface area (Å²) in [6.45, 7) is 3.24. The van der Waals surface area contributed by atoms with Crippen LogP contribution in [0, 0.1) is 5.41 Å². The van der Waals surface area contributed by atoms with Gasteiger partial charge in [-0.1, -0.05) is 61.4 Å². The summed E-state index contributed by atoms with van der Waals surface area (Å²) in [5.74, 6) is -2.10. The van der Waals surface area contributed by atoms with Crippen LogP contribution in [0.1, 0.15) is 68.8 Å². The highest BCUT2D eigenvalue weighted by Gasteiger charge is 2.48. The topological polar surface area (TPSA) is 149 Å². The Morgan fingerprint density at radius 3 is 2.26 bits per heavy atom. The third-order valence-electron chi connectivity index (χ3n) is 9.26. The van der Waals surface area contributed by atoms with Crippen LogP contribution in [0.25, 0.3) is 0 Å². The van der Waals surface area contributed by atoms with E-state index in [-0.39, 0.29) is 30.0 Å². The monoisotopic (exact) mass is 639 g/mol. The van der Waals surface area contributed by atoms with Crippen molar-refractivity contribution < 1.29 is 29.1 Å². The number of nitrogens with zero attached hydrogens (tertiary/aromatic N) is 3. The number of carboxylic acids is 1. The van der Waals surface area contributed by atoms with Crippen LogP contribution >= 0.6 is 0 Å². The Morgan fingerprint density at radius 1 is 0.957 bits per heavy atom. The summed E-state index contributed by atoms with van der Waals surface area (Å²) in [6, 6.07) is 18.1. The number of nitrogens with one attached hydrogen (secondary N) is 2. The Bertz CT molecular complexity index is 1590. The number of benzene rings is 2. The molecule has 3 aromatic rings. The van der Waals surface area contributed by atoms with Gasteiger partial charge in [0.15, 0.2) is 0 Å². The van der Waals surface area contributed by atoms with Crippen LogP contribution in [0.4, 0.5) is 5.69 Å². The maximum absolute atomic E-state index is 14.1. The van der Waals surface area contributed by atoms with Gasteiger partial charge in [0, 0.05) is 51.3 Å². The van der Waals surface area contributed by atoms with Gasteiger partial charge in [-0.3, -0.25) is 29.1 Å². The van der Waals surface area contributed by atoms with E-state index in [9.17, 15) is 29.1 Å². The second-order valence-electron chi connectivity index (χ2n) is 12.5. The summed E-state index contributed by atoms with van der Waals surface area (Å²) >= 11 is 0. The summed E-state index contributed by atoms with van der Waals surface area (Å²) in [5.41, 5.74) is 2.13. The third kappa shape index (κ3) is 7.51. The van der Waals surface area contributed by atoms with Crippen molar-refractivity contribution in [2.45, 2.75) is 77.0 Å². The largest absolute Gasteiger partial charge is 0.480 e. The van der Waals surface area contributed by atoms with Crippen molar-refractivity contribution in [2.24, 2.45) is 5.41 Å². The number of carbonyl (C=O) groups is 5. The van der Waals surface area contributed by atoms with E-state index < -0.39 is 29.6 Å². The lowest BCUT2D eigenvalue weighted by Crippen LogP contribution is -2.49. The lowest BCUT2D eigenvalue weighted by atomic mass is 9.81. The Balaban J connectivity index is 1.37. The zero-order valence-corrected chi connectivity index (χ0v) is 26.7. The van der Waals surface area contributed by atoms with Crippen molar-refractivity contribution in [3.05, 3.63) is 95.8 Å². The summed E-state index contributed by atoms with van der Waals surface area (Å²) in [4.78, 5) is 71.8. The summed E-state index contributed by atoms with van der Waals surface area (Å²) < 4.78 is 0. The molecular weight excluding hydrogens is 598 g/mol. The molecule has 0 bridgehead atoms. The minimum atomic E-state index is -1.16. The number of pyridine rings is 1. The van der Waals surface area contributed by atoms with Crippen molar-refractivity contribution in [3.8, 4) is 0 Å². The Hall–Kier alpha value is -5.06. The first-order valence-electron chi connectivity index (χ1n) is 16.0. The molecule has 2 heterocycles. The second kappa shape index (κ2) is 14.6. The van der Waals surface area contributed by atoms with Gasteiger partial charge < -0.3 is 20.6 Å². The Morgan fingerprint density at radius 2 is 1.66 bits per heavy atom. The highest BCUT2D eigenvalue weighted by molar-refractivity contribution is 6.03. The highest BCUT2D eigenvalue weighted by Crippen LogP contribution is 2.42. The van der Waals surface area contributed by atoms with Gasteiger partial charge in [-0.2, -0.15) is 0 Å². The van der Waals surface area contributed by atoms with Crippen molar-refractivity contribution in [1.82, 2.24) is 20.5 Å². The number of amides is 4. The quantitative estimate of drug-likeness (QED) is 0.273. The first-order valence-corrected chi connectivity index (χ1v) is 16.0. The van der Waals surface area contributed by atoms with Crippen LogP contribution in [0.3, 0.4) is 0 Å². The lowest BCUT2D eigenvalue weighted by molar-refractivity contribution is -0.144. The first kappa shape index (κ1) is 33.3. The van der Waals surface area contributed by atoms with Gasteiger partial charge in [-0.25, -0.2) is 4.79 Å². The zero-order valence-electron chi connectivity index (χ0n) is 26.7. The van der Waals surface area contributed by atoms with E-state index in [1.165, 1.54) is 13.8 Å². The number of carboxylic acid groups (broad SMARTS) is 1. The van der Waals surface area contributed by atoms with Gasteiger partial charge >= 0.3 is 5.97 Å². The molecule has 3 atom stereocenters. The standard InChI is InChI=1S/C36H41N5O6/c1-24(42)38-20-18-36(16-6-7-17-36)35(47)39-30(34(45)46)21-26-12-14-29(15-13-26)41-32(28-10-4-3-5-11-28)40(25(2)43)31(33(41)44)22-27-9-8-19-37-23-27/h3-5,8-15,19,23,30-32H,6-7,16-18,20-22H2,1-2H3,(H,38,42)(H,39,47)(H,45,46)/t30-,31?,32?/m0/s1. The molecule has 3 N–H and O–H groups in total. The fraction of sp³-hybridized carbons (Fsp3) is 0.389. The van der Waals surface area contributed by atoms with Crippen molar-refractivity contribution in [2.75, 3.05) is 11.4 Å². The van der Waals surface area contributed by atoms with Gasteiger partial charge in [0.1, 0.15) is 18.2 Å². The average Bonchev–Trinajstić information content (AvgIpc) is 3.65. The van der Waals surface area contributed by atoms with Crippen LogP contribution in [-0.2, 0) is 36.8 Å². The van der Waals surface area contributed by atoms with Crippen molar-refractivity contribution in [3.63, 3.8) is 0 Å². The van der Waals surface area contributed by atoms with Gasteiger partial charge in [0.2, 0.25) is 17.7 Å². The Labute approximate surface area is 274 Å². The number of aromatic nitrogens is 1. The van der Waals surface area contributed by atoms with Gasteiger partial charge in [0.25, 0.3) is 5.91 Å². The van der Waals surface area contributed by atoms with E-state index in [0.29, 0.717) is 43.5 Å². The first-order chi connectivity index (χ1) is 22.6. The van der Waals surface area contributed by atoms with Gasteiger partial charge in [0.05, 0.1) is 5.41 Å². The van der Waals surface area contributed by atoms with E-state index in [4.69, 9.17) is 0 Å². The number of hydrogen-bond acceptors (Lipinski definition) is 6. The molecule has 4 amide bonds. The van der Waals surface area contributed by atoms with Gasteiger partial charge in [-0.05, 0) is 54.2 Å². The van der Waals surface area contributed by atoms with E-state index in [2.05, 4.69) is 15.6 Å². The number of rotatable bonds is 12. The maximum Gasteiger partial charge on any atom is 0.326 e. The van der Waals surface area contributed by atoms with E-state index in [1.54, 1.807) is 52.5 Å². The molecule has 2 aromatic carbocycles. The summed E-state index contributed by atoms with van der Waals surface area (Å²) in [6.07, 6.45) is 6.49. The molecule has 1 aliphatic carbocycles. The summed E-state index contributed by atoms with van der Waals surface area (Å²) in [7, 11) is 0. The number of anilines is 1. The molecule has 0 radical (unpaired) electrons. The predicted molar refractivity (Wildman–Crippen MR) is 175 cm³/mol. The van der Waals surface area contributed by atoms with E-state index >= 15 is 0 Å². The molecule has 246 valence electrons. The molecule has 1 saturated carbocycles. The predicted octanol–water partition coefficient (Wildman–Crippen LogP) is 3.79. The van der Waals surface area contributed by atoms with Crippen LogP contribution in [0.15, 0.2) is 79.1 Å². The maximum atomic E-state index is 14.1. The third-order valence-corrected chi connectivity index (χ3v) is 9.26. The number of carbonyl (C=O) groups excluding carboxylic acids is 4. The molecule has 5 rings (SSSR count). The normalized spacial score (nSPS) is 19.3. The molecule has 1 saturated heterocycles. The molecular formula is C36H41N5O6. The number of aliphatic carboxylic acids is 1. The average molecular weight is 640 g/mol. The molecule has 1 aromatic heterocycles.